The van der Waals surface area contributed by atoms with Crippen LogP contribution in [0.25, 0.3) is 0 Å². The average molecular weight is 189 g/mol. The second-order valence-corrected chi connectivity index (χ2v) is 3.56. The molecule has 0 saturated heterocycles. The first-order chi connectivity index (χ1) is 6.86. The molecule has 1 unspecified atom stereocenters. The Morgan fingerprint density at radius 3 is 2.93 bits per heavy atom. The first kappa shape index (κ1) is 9.21. The summed E-state index contributed by atoms with van der Waals surface area (Å²) < 4.78 is 0. The normalized spacial score (nSPS) is 21.2. The number of nitrogens with zero attached hydrogens (tertiary/aromatic N) is 2. The predicted octanol–water partition coefficient (Wildman–Crippen LogP) is 1.48. The zero-order valence-electron chi connectivity index (χ0n) is 8.13. The maximum absolute atomic E-state index is 5.99. The van der Waals surface area contributed by atoms with Crippen LogP contribution in [0.15, 0.2) is 36.8 Å². The Kier molecular flexibility index (Phi) is 2.79. The minimum Gasteiger partial charge on any atom is -0.358 e. The lowest BCUT2D eigenvalue weighted by Crippen LogP contribution is -2.39. The van der Waals surface area contributed by atoms with Crippen molar-refractivity contribution in [3.8, 4) is 0 Å². The first-order valence-electron chi connectivity index (χ1n) is 4.93. The second kappa shape index (κ2) is 4.24. The number of aromatic nitrogens is 1. The van der Waals surface area contributed by atoms with E-state index in [-0.39, 0.29) is 6.17 Å². The Morgan fingerprint density at radius 2 is 2.21 bits per heavy atom. The van der Waals surface area contributed by atoms with Gasteiger partial charge in [0.15, 0.2) is 0 Å². The van der Waals surface area contributed by atoms with Gasteiger partial charge in [0.2, 0.25) is 0 Å². The summed E-state index contributed by atoms with van der Waals surface area (Å²) in [7, 11) is 0. The lowest BCUT2D eigenvalue weighted by molar-refractivity contribution is 0.248. The maximum Gasteiger partial charge on any atom is 0.0771 e. The van der Waals surface area contributed by atoms with Crippen molar-refractivity contribution >= 4 is 0 Å². The molecule has 1 aliphatic heterocycles. The van der Waals surface area contributed by atoms with E-state index in [0.29, 0.717) is 0 Å². The fourth-order valence-electron chi connectivity index (χ4n) is 1.62. The minimum absolute atomic E-state index is 0.160. The Labute approximate surface area is 84.2 Å². The molecule has 1 atom stereocenters. The van der Waals surface area contributed by atoms with E-state index in [9.17, 15) is 0 Å². The molecule has 0 fully saturated rings. The predicted molar refractivity (Wildman–Crippen MR) is 56.1 cm³/mol. The second-order valence-electron chi connectivity index (χ2n) is 3.56. The van der Waals surface area contributed by atoms with Crippen LogP contribution >= 0.6 is 0 Å². The van der Waals surface area contributed by atoms with Crippen molar-refractivity contribution in [2.45, 2.75) is 25.6 Å². The summed E-state index contributed by atoms with van der Waals surface area (Å²) >= 11 is 0. The van der Waals surface area contributed by atoms with Gasteiger partial charge in [0.25, 0.3) is 0 Å². The molecule has 14 heavy (non-hydrogen) atoms. The van der Waals surface area contributed by atoms with Crippen molar-refractivity contribution in [2.75, 3.05) is 0 Å². The van der Waals surface area contributed by atoms with Gasteiger partial charge in [-0.15, -0.1) is 0 Å². The number of hydrogen-bond acceptors (Lipinski definition) is 3. The van der Waals surface area contributed by atoms with Crippen LogP contribution in [0.2, 0.25) is 0 Å². The van der Waals surface area contributed by atoms with Crippen molar-refractivity contribution < 1.29 is 0 Å². The standard InChI is InChI=1S/C11H15N3/c12-11-3-1-2-8-14(11)9-10-4-6-13-7-5-10/h2,4-8,11H,1,3,9,12H2. The highest BCUT2D eigenvalue weighted by molar-refractivity contribution is 5.10. The molecule has 2 heterocycles. The van der Waals surface area contributed by atoms with Gasteiger partial charge in [-0.2, -0.15) is 0 Å². The molecule has 0 spiro atoms. The lowest BCUT2D eigenvalue weighted by Gasteiger charge is -2.30. The largest absolute Gasteiger partial charge is 0.358 e. The van der Waals surface area contributed by atoms with Crippen molar-refractivity contribution in [1.29, 1.82) is 0 Å². The first-order valence-corrected chi connectivity index (χ1v) is 4.93. The third-order valence-electron chi connectivity index (χ3n) is 2.47. The van der Waals surface area contributed by atoms with Gasteiger partial charge in [0.05, 0.1) is 6.17 Å². The van der Waals surface area contributed by atoms with Crippen molar-refractivity contribution in [1.82, 2.24) is 9.88 Å². The average Bonchev–Trinajstić information content (AvgIpc) is 2.23. The van der Waals surface area contributed by atoms with Crippen molar-refractivity contribution in [2.24, 2.45) is 5.73 Å². The topological polar surface area (TPSA) is 42.1 Å². The number of allylic oxidation sites excluding steroid dienone is 1. The molecule has 1 aromatic heterocycles. The van der Waals surface area contributed by atoms with E-state index in [0.717, 1.165) is 19.4 Å². The molecule has 74 valence electrons. The minimum atomic E-state index is 0.160. The highest BCUT2D eigenvalue weighted by Crippen LogP contribution is 2.13. The smallest absolute Gasteiger partial charge is 0.0771 e. The van der Waals surface area contributed by atoms with E-state index in [1.807, 2.05) is 24.5 Å². The van der Waals surface area contributed by atoms with Crippen LogP contribution in [0.5, 0.6) is 0 Å². The number of pyridine rings is 1. The van der Waals surface area contributed by atoms with Crippen LogP contribution in [0.1, 0.15) is 18.4 Å². The SMILES string of the molecule is NC1CCC=CN1Cc1ccncc1. The van der Waals surface area contributed by atoms with Crippen molar-refractivity contribution in [3.63, 3.8) is 0 Å². The summed E-state index contributed by atoms with van der Waals surface area (Å²) in [4.78, 5) is 6.16. The summed E-state index contributed by atoms with van der Waals surface area (Å²) in [6.45, 7) is 0.875. The number of rotatable bonds is 2. The molecule has 2 rings (SSSR count). The van der Waals surface area contributed by atoms with E-state index < -0.39 is 0 Å². The molecule has 1 aromatic rings. The monoisotopic (exact) mass is 189 g/mol. The van der Waals surface area contributed by atoms with Gasteiger partial charge in [-0.3, -0.25) is 4.98 Å². The molecule has 3 nitrogen and oxygen atoms in total. The number of nitrogens with two attached hydrogens (primary N) is 1. The van der Waals surface area contributed by atoms with Gasteiger partial charge in [0, 0.05) is 18.9 Å². The molecule has 3 heteroatoms. The molecule has 0 amide bonds. The molecule has 0 bridgehead atoms. The van der Waals surface area contributed by atoms with Crippen LogP contribution in [0.3, 0.4) is 0 Å². The fraction of sp³-hybridized carbons (Fsp3) is 0.364. The molecule has 2 N–H and O–H groups in total. The quantitative estimate of drug-likeness (QED) is 0.766. The third kappa shape index (κ3) is 2.12. The number of hydrogen-bond donors (Lipinski definition) is 1. The van der Waals surface area contributed by atoms with Crippen LogP contribution in [-0.4, -0.2) is 16.0 Å². The van der Waals surface area contributed by atoms with Gasteiger partial charge in [-0.25, -0.2) is 0 Å². The zero-order valence-corrected chi connectivity index (χ0v) is 8.13. The Bertz CT molecular complexity index is 308. The van der Waals surface area contributed by atoms with Gasteiger partial charge in [-0.1, -0.05) is 6.08 Å². The molecular weight excluding hydrogens is 174 g/mol. The van der Waals surface area contributed by atoms with E-state index >= 15 is 0 Å². The third-order valence-corrected chi connectivity index (χ3v) is 2.47. The van der Waals surface area contributed by atoms with Gasteiger partial charge in [-0.05, 0) is 36.7 Å². The maximum atomic E-state index is 5.99. The van der Waals surface area contributed by atoms with E-state index in [4.69, 9.17) is 5.73 Å². The summed E-state index contributed by atoms with van der Waals surface area (Å²) in [5.41, 5.74) is 7.24. The zero-order chi connectivity index (χ0) is 9.80. The Balaban J connectivity index is 2.03. The summed E-state index contributed by atoms with van der Waals surface area (Å²) in [5.74, 6) is 0. The van der Waals surface area contributed by atoms with Gasteiger partial charge in [0.1, 0.15) is 0 Å². The highest BCUT2D eigenvalue weighted by Gasteiger charge is 2.12. The molecular formula is C11H15N3. The Hall–Kier alpha value is -1.35. The van der Waals surface area contributed by atoms with Crippen LogP contribution < -0.4 is 5.73 Å². The summed E-state index contributed by atoms with van der Waals surface area (Å²) in [6, 6.07) is 4.05. The molecule has 0 aliphatic carbocycles. The molecule has 1 aliphatic rings. The summed E-state index contributed by atoms with van der Waals surface area (Å²) in [6.07, 6.45) is 10.2. The summed E-state index contributed by atoms with van der Waals surface area (Å²) in [5, 5.41) is 0. The fourth-order valence-corrected chi connectivity index (χ4v) is 1.62. The van der Waals surface area contributed by atoms with E-state index in [2.05, 4.69) is 22.2 Å². The van der Waals surface area contributed by atoms with Crippen LogP contribution in [0.4, 0.5) is 0 Å². The molecule has 0 aromatic carbocycles. The van der Waals surface area contributed by atoms with E-state index in [1.54, 1.807) is 0 Å². The van der Waals surface area contributed by atoms with Crippen LogP contribution in [0, 0.1) is 0 Å². The van der Waals surface area contributed by atoms with Gasteiger partial charge >= 0.3 is 0 Å². The van der Waals surface area contributed by atoms with E-state index in [1.165, 1.54) is 5.56 Å². The molecule has 0 saturated carbocycles. The van der Waals surface area contributed by atoms with Crippen LogP contribution in [-0.2, 0) is 6.54 Å². The lowest BCUT2D eigenvalue weighted by atomic mass is 10.1. The Morgan fingerprint density at radius 1 is 1.43 bits per heavy atom. The highest BCUT2D eigenvalue weighted by atomic mass is 15.2. The van der Waals surface area contributed by atoms with Crippen molar-refractivity contribution in [3.05, 3.63) is 42.4 Å². The van der Waals surface area contributed by atoms with Gasteiger partial charge < -0.3 is 10.6 Å². The molecule has 0 radical (unpaired) electrons.